The second kappa shape index (κ2) is 8.68. The molecule has 0 saturated heterocycles. The molecule has 2 nitrogen and oxygen atoms in total. The van der Waals surface area contributed by atoms with Crippen LogP contribution in [0.25, 0.3) is 11.4 Å². The summed E-state index contributed by atoms with van der Waals surface area (Å²) in [5, 5.41) is 0. The Morgan fingerprint density at radius 2 is 1.03 bits per heavy atom. The first-order valence-corrected chi connectivity index (χ1v) is 11.6. The molecule has 0 amide bonds. The highest BCUT2D eigenvalue weighted by Gasteiger charge is 2.49. The summed E-state index contributed by atoms with van der Waals surface area (Å²) >= 11 is 4.23. The summed E-state index contributed by atoms with van der Waals surface area (Å²) in [6.45, 7) is 0.770. The number of alkyl halides is 1. The minimum atomic E-state index is -0.527. The van der Waals surface area contributed by atoms with Crippen LogP contribution in [0.5, 0.6) is 0 Å². The predicted molar refractivity (Wildman–Crippen MR) is 136 cm³/mol. The van der Waals surface area contributed by atoms with Gasteiger partial charge in [0.05, 0.1) is 11.4 Å². The number of benzene rings is 4. The van der Waals surface area contributed by atoms with Crippen molar-refractivity contribution in [1.29, 1.82) is 0 Å². The van der Waals surface area contributed by atoms with Crippen LogP contribution in [0.15, 0.2) is 121 Å². The second-order valence-corrected chi connectivity index (χ2v) is 9.12. The number of nitrogens with zero attached hydrogens (tertiary/aromatic N) is 2. The van der Waals surface area contributed by atoms with E-state index in [4.69, 9.17) is 0 Å². The van der Waals surface area contributed by atoms with Crippen molar-refractivity contribution in [2.24, 2.45) is 0 Å². The molecule has 1 aliphatic rings. The zero-order valence-electron chi connectivity index (χ0n) is 18.0. The Morgan fingerprint density at radius 1 is 0.594 bits per heavy atom. The van der Waals surface area contributed by atoms with Gasteiger partial charge in [-0.3, -0.25) is 0 Å². The molecule has 3 heteroatoms. The van der Waals surface area contributed by atoms with Crippen LogP contribution in [0.3, 0.4) is 0 Å². The van der Waals surface area contributed by atoms with E-state index in [1.807, 2.05) is 0 Å². The lowest BCUT2D eigenvalue weighted by atomic mass is 10.0. The van der Waals surface area contributed by atoms with Crippen LogP contribution >= 0.6 is 15.9 Å². The van der Waals surface area contributed by atoms with E-state index in [2.05, 4.69) is 154 Å². The summed E-state index contributed by atoms with van der Waals surface area (Å²) in [7, 11) is 2.18. The zero-order chi connectivity index (χ0) is 22.0. The fraction of sp³-hybridized carbons (Fsp3) is 0.103. The van der Waals surface area contributed by atoms with Crippen molar-refractivity contribution in [3.63, 3.8) is 0 Å². The fourth-order valence-electron chi connectivity index (χ4n) is 4.53. The molecule has 0 N–H and O–H groups in total. The third kappa shape index (κ3) is 3.53. The summed E-state index contributed by atoms with van der Waals surface area (Å²) in [5.41, 5.74) is 7.27. The van der Waals surface area contributed by atoms with Crippen molar-refractivity contribution < 1.29 is 0 Å². The third-order valence-corrected chi connectivity index (χ3v) is 7.47. The van der Waals surface area contributed by atoms with E-state index >= 15 is 0 Å². The van der Waals surface area contributed by atoms with Crippen LogP contribution < -0.4 is 0 Å². The van der Waals surface area contributed by atoms with Crippen LogP contribution in [0.2, 0.25) is 0 Å². The van der Waals surface area contributed by atoms with Gasteiger partial charge in [0.15, 0.2) is 4.57 Å². The molecular weight excluding hydrogens is 456 g/mol. The molecule has 0 aromatic heterocycles. The Balaban J connectivity index is 1.77. The maximum Gasteiger partial charge on any atom is 0.197 e. The van der Waals surface area contributed by atoms with Crippen LogP contribution in [-0.4, -0.2) is 16.8 Å². The molecule has 1 heterocycles. The van der Waals surface area contributed by atoms with Crippen molar-refractivity contribution in [3.8, 4) is 0 Å². The lowest BCUT2D eigenvalue weighted by molar-refractivity contribution is 0.154. The van der Waals surface area contributed by atoms with Crippen LogP contribution in [0.4, 0.5) is 0 Å². The summed E-state index contributed by atoms with van der Waals surface area (Å²) in [6, 6.07) is 42.7. The van der Waals surface area contributed by atoms with E-state index in [1.54, 1.807) is 0 Å². The van der Waals surface area contributed by atoms with E-state index in [0.29, 0.717) is 0 Å². The van der Waals surface area contributed by atoms with Gasteiger partial charge in [0, 0.05) is 30.3 Å². The summed E-state index contributed by atoms with van der Waals surface area (Å²) in [4.78, 5) is 4.85. The highest BCUT2D eigenvalue weighted by atomic mass is 79.9. The standard InChI is InChI=1S/C29H25BrN2/c1-31-27(24-16-8-3-9-17-24)28(25-18-10-4-11-19-25)32(22-23-14-6-2-7-15-23)29(31,30)26-20-12-5-13-21-26/h2-21H,22H2,1H3. The molecule has 32 heavy (non-hydrogen) atoms. The summed E-state index contributed by atoms with van der Waals surface area (Å²) in [5.74, 6) is 0. The van der Waals surface area contributed by atoms with Gasteiger partial charge in [-0.15, -0.1) is 0 Å². The quantitative estimate of drug-likeness (QED) is 0.220. The maximum atomic E-state index is 4.23. The largest absolute Gasteiger partial charge is 0.337 e. The minimum absolute atomic E-state index is 0.527. The normalized spacial score (nSPS) is 18.3. The van der Waals surface area contributed by atoms with Crippen molar-refractivity contribution in [2.45, 2.75) is 11.1 Å². The number of hydrogen-bond acceptors (Lipinski definition) is 2. The highest BCUT2D eigenvalue weighted by molar-refractivity contribution is 9.09. The predicted octanol–water partition coefficient (Wildman–Crippen LogP) is 7.17. The first kappa shape index (κ1) is 20.6. The van der Waals surface area contributed by atoms with Crippen molar-refractivity contribution in [3.05, 3.63) is 144 Å². The molecule has 0 radical (unpaired) electrons. The molecule has 0 saturated carbocycles. The van der Waals surface area contributed by atoms with Gasteiger partial charge in [0.1, 0.15) is 0 Å². The highest BCUT2D eigenvalue weighted by Crippen LogP contribution is 2.54. The van der Waals surface area contributed by atoms with Crippen LogP contribution in [0.1, 0.15) is 22.3 Å². The number of hydrogen-bond donors (Lipinski definition) is 0. The van der Waals surface area contributed by atoms with E-state index in [9.17, 15) is 0 Å². The molecule has 4 aromatic carbocycles. The molecule has 0 bridgehead atoms. The third-order valence-electron chi connectivity index (χ3n) is 6.05. The zero-order valence-corrected chi connectivity index (χ0v) is 19.6. The molecule has 0 aliphatic carbocycles. The lowest BCUT2D eigenvalue weighted by Crippen LogP contribution is -2.44. The van der Waals surface area contributed by atoms with Gasteiger partial charge >= 0.3 is 0 Å². The molecule has 1 aliphatic heterocycles. The Morgan fingerprint density at radius 3 is 1.56 bits per heavy atom. The molecule has 4 aromatic rings. The SMILES string of the molecule is CN1C(c2ccccc2)=C(c2ccccc2)N(Cc2ccccc2)C1(Br)c1ccccc1. The van der Waals surface area contributed by atoms with Gasteiger partial charge in [0.2, 0.25) is 0 Å². The number of rotatable bonds is 5. The van der Waals surface area contributed by atoms with Crippen molar-refractivity contribution in [1.82, 2.24) is 9.80 Å². The second-order valence-electron chi connectivity index (χ2n) is 8.01. The molecule has 158 valence electrons. The van der Waals surface area contributed by atoms with Gasteiger partial charge in [-0.05, 0) is 21.5 Å². The van der Waals surface area contributed by atoms with Gasteiger partial charge < -0.3 is 9.80 Å². The van der Waals surface area contributed by atoms with Crippen molar-refractivity contribution >= 4 is 27.3 Å². The van der Waals surface area contributed by atoms with E-state index < -0.39 is 4.57 Å². The summed E-state index contributed by atoms with van der Waals surface area (Å²) in [6.07, 6.45) is 0. The molecule has 0 spiro atoms. The fourth-order valence-corrected chi connectivity index (χ4v) is 5.27. The molecular formula is C29H25BrN2. The Hall–Kier alpha value is -3.30. The van der Waals surface area contributed by atoms with Crippen molar-refractivity contribution in [2.75, 3.05) is 7.05 Å². The van der Waals surface area contributed by atoms with E-state index in [1.165, 1.54) is 33.6 Å². The Labute approximate surface area is 198 Å². The van der Waals surface area contributed by atoms with Crippen LogP contribution in [0, 0.1) is 0 Å². The molecule has 0 fully saturated rings. The smallest absolute Gasteiger partial charge is 0.197 e. The first-order valence-electron chi connectivity index (χ1n) is 10.8. The van der Waals surface area contributed by atoms with Gasteiger partial charge in [-0.1, -0.05) is 121 Å². The average molecular weight is 481 g/mol. The maximum absolute atomic E-state index is 4.23. The minimum Gasteiger partial charge on any atom is -0.337 e. The van der Waals surface area contributed by atoms with Crippen LogP contribution in [-0.2, 0) is 11.1 Å². The first-order chi connectivity index (χ1) is 15.7. The molecule has 5 rings (SSSR count). The van der Waals surface area contributed by atoms with Gasteiger partial charge in [-0.2, -0.15) is 0 Å². The number of halogens is 1. The average Bonchev–Trinajstić information content (AvgIpc) is 3.09. The van der Waals surface area contributed by atoms with E-state index in [0.717, 1.165) is 6.54 Å². The monoisotopic (exact) mass is 480 g/mol. The van der Waals surface area contributed by atoms with E-state index in [-0.39, 0.29) is 0 Å². The van der Waals surface area contributed by atoms with Gasteiger partial charge in [0.25, 0.3) is 0 Å². The Bertz CT molecular complexity index is 1210. The van der Waals surface area contributed by atoms with Gasteiger partial charge in [-0.25, -0.2) is 0 Å². The topological polar surface area (TPSA) is 6.48 Å². The Kier molecular flexibility index (Phi) is 5.59. The lowest BCUT2D eigenvalue weighted by Gasteiger charge is -2.42. The summed E-state index contributed by atoms with van der Waals surface area (Å²) < 4.78 is -0.527. The molecule has 1 atom stereocenters. The molecule has 1 unspecified atom stereocenters.